The Kier molecular flexibility index (Phi) is 4.13. The molecule has 0 heterocycles. The molecule has 0 spiro atoms. The highest BCUT2D eigenvalue weighted by molar-refractivity contribution is 5.99. The van der Waals surface area contributed by atoms with Crippen molar-refractivity contribution in [3.63, 3.8) is 0 Å². The average molecular weight is 225 g/mol. The minimum Gasteiger partial charge on any atom is -0.507 e. The van der Waals surface area contributed by atoms with Gasteiger partial charge in [-0.05, 0) is 12.1 Å². The van der Waals surface area contributed by atoms with Crippen LogP contribution in [-0.4, -0.2) is 48.3 Å². The number of likely N-dealkylation sites (N-methyl/N-ethyl adjacent to an activating group) is 1. The third kappa shape index (κ3) is 2.43. The number of phenols is 1. The Morgan fingerprint density at radius 2 is 2.19 bits per heavy atom. The van der Waals surface area contributed by atoms with Gasteiger partial charge >= 0.3 is 0 Å². The van der Waals surface area contributed by atoms with Crippen LogP contribution in [0.4, 0.5) is 0 Å². The summed E-state index contributed by atoms with van der Waals surface area (Å²) < 4.78 is 5.01. The molecule has 1 aromatic carbocycles. The molecular weight excluding hydrogens is 210 g/mol. The SMILES string of the molecule is COc1cccc(O)c1C(=O)N(C)CCO. The van der Waals surface area contributed by atoms with Crippen LogP contribution in [-0.2, 0) is 0 Å². The van der Waals surface area contributed by atoms with Crippen LogP contribution in [0.5, 0.6) is 11.5 Å². The lowest BCUT2D eigenvalue weighted by Gasteiger charge is -2.18. The first kappa shape index (κ1) is 12.3. The molecule has 5 nitrogen and oxygen atoms in total. The summed E-state index contributed by atoms with van der Waals surface area (Å²) in [4.78, 5) is 13.2. The van der Waals surface area contributed by atoms with Crippen molar-refractivity contribution >= 4 is 5.91 Å². The molecule has 0 fully saturated rings. The molecule has 0 unspecified atom stereocenters. The van der Waals surface area contributed by atoms with Gasteiger partial charge < -0.3 is 19.8 Å². The Balaban J connectivity index is 3.06. The number of methoxy groups -OCH3 is 1. The van der Waals surface area contributed by atoms with Crippen LogP contribution in [0.25, 0.3) is 0 Å². The third-order valence-corrected chi connectivity index (χ3v) is 2.22. The number of rotatable bonds is 4. The number of amides is 1. The molecule has 0 bridgehead atoms. The van der Waals surface area contributed by atoms with E-state index in [1.165, 1.54) is 18.1 Å². The molecule has 0 aromatic heterocycles. The predicted octanol–water partition coefficient (Wildman–Crippen LogP) is 0.465. The number of aliphatic hydroxyl groups excluding tert-OH is 1. The molecule has 0 aliphatic carbocycles. The van der Waals surface area contributed by atoms with E-state index < -0.39 is 0 Å². The van der Waals surface area contributed by atoms with Crippen LogP contribution in [0.1, 0.15) is 10.4 Å². The zero-order valence-corrected chi connectivity index (χ0v) is 9.30. The van der Waals surface area contributed by atoms with E-state index in [-0.39, 0.29) is 30.4 Å². The zero-order chi connectivity index (χ0) is 12.1. The lowest BCUT2D eigenvalue weighted by molar-refractivity contribution is 0.0760. The summed E-state index contributed by atoms with van der Waals surface area (Å²) in [7, 11) is 2.97. The van der Waals surface area contributed by atoms with Gasteiger partial charge in [0.25, 0.3) is 5.91 Å². The van der Waals surface area contributed by atoms with Gasteiger partial charge in [0, 0.05) is 13.6 Å². The summed E-state index contributed by atoms with van der Waals surface area (Å²) >= 11 is 0. The van der Waals surface area contributed by atoms with Gasteiger partial charge in [-0.3, -0.25) is 4.79 Å². The molecule has 5 heteroatoms. The Hall–Kier alpha value is -1.75. The Morgan fingerprint density at radius 1 is 1.50 bits per heavy atom. The second-order valence-corrected chi connectivity index (χ2v) is 3.30. The van der Waals surface area contributed by atoms with Gasteiger partial charge in [-0.2, -0.15) is 0 Å². The fourth-order valence-corrected chi connectivity index (χ4v) is 1.35. The molecular formula is C11H15NO4. The second kappa shape index (κ2) is 5.37. The highest BCUT2D eigenvalue weighted by atomic mass is 16.5. The number of carbonyl (C=O) groups is 1. The average Bonchev–Trinajstić information content (AvgIpc) is 2.28. The summed E-state index contributed by atoms with van der Waals surface area (Å²) in [5.74, 6) is -0.201. The zero-order valence-electron chi connectivity index (χ0n) is 9.30. The Morgan fingerprint density at radius 3 is 2.75 bits per heavy atom. The molecule has 0 saturated heterocycles. The number of nitrogens with zero attached hydrogens (tertiary/aromatic N) is 1. The number of carbonyl (C=O) groups excluding carboxylic acids is 1. The van der Waals surface area contributed by atoms with Gasteiger partial charge in [-0.1, -0.05) is 6.07 Å². The normalized spacial score (nSPS) is 9.94. The van der Waals surface area contributed by atoms with Crippen LogP contribution in [0.15, 0.2) is 18.2 Å². The number of ether oxygens (including phenoxy) is 1. The number of hydrogen-bond acceptors (Lipinski definition) is 4. The van der Waals surface area contributed by atoms with Gasteiger partial charge in [-0.15, -0.1) is 0 Å². The quantitative estimate of drug-likeness (QED) is 0.781. The lowest BCUT2D eigenvalue weighted by atomic mass is 10.1. The van der Waals surface area contributed by atoms with Crippen molar-refractivity contribution in [2.75, 3.05) is 27.3 Å². The Bertz CT molecular complexity index is 378. The van der Waals surface area contributed by atoms with Gasteiger partial charge in [0.05, 0.1) is 13.7 Å². The molecule has 1 rings (SSSR count). The van der Waals surface area contributed by atoms with Crippen molar-refractivity contribution in [2.24, 2.45) is 0 Å². The van der Waals surface area contributed by atoms with E-state index in [2.05, 4.69) is 0 Å². The highest BCUT2D eigenvalue weighted by Crippen LogP contribution is 2.28. The van der Waals surface area contributed by atoms with E-state index in [1.807, 2.05) is 0 Å². The molecule has 1 aromatic rings. The Labute approximate surface area is 93.9 Å². The molecule has 1 amide bonds. The van der Waals surface area contributed by atoms with E-state index >= 15 is 0 Å². The second-order valence-electron chi connectivity index (χ2n) is 3.30. The minimum atomic E-state index is -0.385. The highest BCUT2D eigenvalue weighted by Gasteiger charge is 2.20. The fraction of sp³-hybridized carbons (Fsp3) is 0.364. The first-order valence-corrected chi connectivity index (χ1v) is 4.84. The van der Waals surface area contributed by atoms with Gasteiger partial charge in [0.2, 0.25) is 0 Å². The van der Waals surface area contributed by atoms with Crippen molar-refractivity contribution in [3.8, 4) is 11.5 Å². The van der Waals surface area contributed by atoms with Gasteiger partial charge in [-0.25, -0.2) is 0 Å². The minimum absolute atomic E-state index is 0.112. The van der Waals surface area contributed by atoms with Crippen molar-refractivity contribution in [3.05, 3.63) is 23.8 Å². The van der Waals surface area contributed by atoms with Crippen molar-refractivity contribution < 1.29 is 19.7 Å². The lowest BCUT2D eigenvalue weighted by Crippen LogP contribution is -2.29. The third-order valence-electron chi connectivity index (χ3n) is 2.22. The van der Waals surface area contributed by atoms with Crippen LogP contribution < -0.4 is 4.74 Å². The monoisotopic (exact) mass is 225 g/mol. The molecule has 0 atom stereocenters. The van der Waals surface area contributed by atoms with Crippen LogP contribution >= 0.6 is 0 Å². The molecule has 0 aliphatic heterocycles. The van der Waals surface area contributed by atoms with E-state index in [0.29, 0.717) is 5.75 Å². The molecule has 16 heavy (non-hydrogen) atoms. The van der Waals surface area contributed by atoms with Crippen LogP contribution in [0.2, 0.25) is 0 Å². The summed E-state index contributed by atoms with van der Waals surface area (Å²) in [6.45, 7) is 0.0779. The van der Waals surface area contributed by atoms with E-state index in [0.717, 1.165) is 0 Å². The molecule has 0 radical (unpaired) electrons. The first-order chi connectivity index (χ1) is 7.61. The molecule has 88 valence electrons. The molecule has 2 N–H and O–H groups in total. The van der Waals surface area contributed by atoms with Gasteiger partial charge in [0.1, 0.15) is 17.1 Å². The number of aromatic hydroxyl groups is 1. The number of benzene rings is 1. The topological polar surface area (TPSA) is 70.0 Å². The molecule has 0 aliphatic rings. The first-order valence-electron chi connectivity index (χ1n) is 4.84. The summed E-state index contributed by atoms with van der Waals surface area (Å²) in [6.07, 6.45) is 0. The fourth-order valence-electron chi connectivity index (χ4n) is 1.35. The van der Waals surface area contributed by atoms with Gasteiger partial charge in [0.15, 0.2) is 0 Å². The van der Waals surface area contributed by atoms with E-state index in [4.69, 9.17) is 9.84 Å². The standard InChI is InChI=1S/C11H15NO4/c1-12(6-7-13)11(15)10-8(14)4-3-5-9(10)16-2/h3-5,13-14H,6-7H2,1-2H3. The van der Waals surface area contributed by atoms with Crippen molar-refractivity contribution in [1.82, 2.24) is 4.90 Å². The smallest absolute Gasteiger partial charge is 0.261 e. The number of aliphatic hydroxyl groups is 1. The summed E-state index contributed by atoms with van der Waals surface area (Å²) in [5.41, 5.74) is 0.112. The maximum absolute atomic E-state index is 11.9. The summed E-state index contributed by atoms with van der Waals surface area (Å²) in [6, 6.07) is 4.61. The van der Waals surface area contributed by atoms with Crippen LogP contribution in [0, 0.1) is 0 Å². The summed E-state index contributed by atoms with van der Waals surface area (Å²) in [5, 5.41) is 18.4. The predicted molar refractivity (Wildman–Crippen MR) is 58.7 cm³/mol. The molecule has 0 saturated carbocycles. The van der Waals surface area contributed by atoms with E-state index in [1.54, 1.807) is 19.2 Å². The number of hydrogen-bond donors (Lipinski definition) is 2. The van der Waals surface area contributed by atoms with E-state index in [9.17, 15) is 9.90 Å². The number of phenolic OH excluding ortho intramolecular Hbond substituents is 1. The maximum atomic E-state index is 11.9. The van der Waals surface area contributed by atoms with Crippen molar-refractivity contribution in [2.45, 2.75) is 0 Å². The van der Waals surface area contributed by atoms with Crippen molar-refractivity contribution in [1.29, 1.82) is 0 Å². The maximum Gasteiger partial charge on any atom is 0.261 e. The largest absolute Gasteiger partial charge is 0.507 e. The van der Waals surface area contributed by atoms with Crippen LogP contribution in [0.3, 0.4) is 0 Å².